The topological polar surface area (TPSA) is 60.1 Å². The minimum absolute atomic E-state index is 0.0511. The number of piperidine rings is 2. The lowest BCUT2D eigenvalue weighted by atomic mass is 9.77. The minimum Gasteiger partial charge on any atom is -0.296 e. The molecule has 6 heterocycles. The zero-order valence-electron chi connectivity index (χ0n) is 25.4. The highest BCUT2D eigenvalue weighted by Crippen LogP contribution is 2.45. The van der Waals surface area contributed by atoms with Gasteiger partial charge in [0.2, 0.25) is 0 Å². The van der Waals surface area contributed by atoms with Gasteiger partial charge < -0.3 is 0 Å². The number of likely N-dealkylation sites (tertiary alicyclic amines) is 2. The van der Waals surface area contributed by atoms with Crippen LogP contribution in [0.5, 0.6) is 0 Å². The largest absolute Gasteiger partial charge is 0.325 e. The van der Waals surface area contributed by atoms with E-state index >= 15 is 0 Å². The molecule has 4 amide bonds. The van der Waals surface area contributed by atoms with Crippen LogP contribution < -0.4 is 0 Å². The lowest BCUT2D eigenvalue weighted by Gasteiger charge is -2.57. The van der Waals surface area contributed by atoms with Gasteiger partial charge in [-0.3, -0.25) is 39.2 Å². The summed E-state index contributed by atoms with van der Waals surface area (Å²) >= 11 is 0. The van der Waals surface area contributed by atoms with E-state index in [0.29, 0.717) is 38.8 Å². The van der Waals surface area contributed by atoms with E-state index < -0.39 is 0 Å². The fraction of sp³-hybridized carbons (Fsp3) is 0.929. The highest BCUT2D eigenvalue weighted by molar-refractivity contribution is 5.85. The van der Waals surface area contributed by atoms with E-state index in [4.69, 9.17) is 0 Å². The monoisotopic (exact) mass is 530 g/mol. The van der Waals surface area contributed by atoms with E-state index in [2.05, 4.69) is 89.1 Å². The lowest BCUT2D eigenvalue weighted by Crippen LogP contribution is -2.68. The van der Waals surface area contributed by atoms with Crippen LogP contribution in [0.3, 0.4) is 0 Å². The molecule has 0 aliphatic carbocycles. The Balaban J connectivity index is 1.24. The molecule has 0 radical (unpaired) electrons. The van der Waals surface area contributed by atoms with Crippen molar-refractivity contribution in [3.05, 3.63) is 0 Å². The van der Waals surface area contributed by atoms with Crippen LogP contribution >= 0.6 is 0 Å². The number of urea groups is 2. The summed E-state index contributed by atoms with van der Waals surface area (Å²) in [5.41, 5.74) is 0.204. The average Bonchev–Trinajstić information content (AvgIpc) is 3.26. The summed E-state index contributed by atoms with van der Waals surface area (Å²) in [6.45, 7) is 20.9. The third-order valence-corrected chi connectivity index (χ3v) is 11.5. The molecule has 0 aromatic carbocycles. The zero-order chi connectivity index (χ0) is 27.7. The van der Waals surface area contributed by atoms with Crippen molar-refractivity contribution in [2.75, 3.05) is 40.8 Å². The first kappa shape index (κ1) is 26.6. The summed E-state index contributed by atoms with van der Waals surface area (Å²) in [6.07, 6.45) is 3.74. The van der Waals surface area contributed by atoms with Gasteiger partial charge in [-0.1, -0.05) is 0 Å². The quantitative estimate of drug-likeness (QED) is 0.547. The summed E-state index contributed by atoms with van der Waals surface area (Å²) in [6, 6.07) is 0.800. The van der Waals surface area contributed by atoms with Crippen LogP contribution in [-0.2, 0) is 0 Å². The Morgan fingerprint density at radius 3 is 0.974 bits per heavy atom. The Kier molecular flexibility index (Phi) is 5.59. The van der Waals surface area contributed by atoms with Crippen LogP contribution in [0.1, 0.15) is 81.1 Å². The number of hydrogen-bond donors (Lipinski definition) is 0. The molecule has 6 rings (SSSR count). The fourth-order valence-electron chi connectivity index (χ4n) is 8.83. The Morgan fingerprint density at radius 1 is 0.500 bits per heavy atom. The average molecular weight is 531 g/mol. The van der Waals surface area contributed by atoms with Gasteiger partial charge in [-0.05, 0) is 95.2 Å². The van der Waals surface area contributed by atoms with Gasteiger partial charge in [0.05, 0.1) is 26.7 Å². The van der Waals surface area contributed by atoms with E-state index in [9.17, 15) is 9.59 Å². The fourth-order valence-corrected chi connectivity index (χ4v) is 8.83. The summed E-state index contributed by atoms with van der Waals surface area (Å²) in [5, 5.41) is 0. The lowest BCUT2D eigenvalue weighted by molar-refractivity contribution is -0.0975. The normalized spacial score (nSPS) is 33.1. The number of amides is 4. The molecule has 0 atom stereocenters. The molecule has 0 saturated carbocycles. The first-order valence-electron chi connectivity index (χ1n) is 14.6. The predicted octanol–water partition coefficient (Wildman–Crippen LogP) is 2.88. The van der Waals surface area contributed by atoms with E-state index in [1.165, 1.54) is 0 Å². The van der Waals surface area contributed by atoms with Gasteiger partial charge in [-0.15, -0.1) is 0 Å². The number of carbonyl (C=O) groups is 2. The number of rotatable bonds is 2. The molecule has 6 aliphatic heterocycles. The van der Waals surface area contributed by atoms with E-state index in [1.807, 2.05) is 19.6 Å². The maximum Gasteiger partial charge on any atom is 0.325 e. The second-order valence-corrected chi connectivity index (χ2v) is 15.5. The van der Waals surface area contributed by atoms with E-state index in [-0.39, 0.29) is 46.5 Å². The van der Waals surface area contributed by atoms with Gasteiger partial charge in [0.25, 0.3) is 0 Å². The van der Waals surface area contributed by atoms with Gasteiger partial charge in [0.1, 0.15) is 0 Å². The number of hydrogen-bond acceptors (Lipinski definition) is 6. The molecule has 0 bridgehead atoms. The Labute approximate surface area is 229 Å². The Hall–Kier alpha value is -1.62. The molecule has 10 heteroatoms. The molecule has 0 aromatic heterocycles. The Bertz CT molecular complexity index is 878. The third kappa shape index (κ3) is 3.65. The summed E-state index contributed by atoms with van der Waals surface area (Å²) in [4.78, 5) is 45.6. The van der Waals surface area contributed by atoms with Gasteiger partial charge >= 0.3 is 12.1 Å². The molecule has 6 fully saturated rings. The zero-order valence-corrected chi connectivity index (χ0v) is 25.4. The number of nitrogens with zero attached hydrogens (tertiary/aromatic N) is 8. The smallest absolute Gasteiger partial charge is 0.296 e. The number of carbonyl (C=O) groups excluding carboxylic acids is 2. The molecule has 214 valence electrons. The first-order valence-corrected chi connectivity index (χ1v) is 14.6. The van der Waals surface area contributed by atoms with Crippen LogP contribution in [0.4, 0.5) is 9.59 Å². The van der Waals surface area contributed by atoms with Crippen LogP contribution in [0.25, 0.3) is 0 Å². The molecule has 10 nitrogen and oxygen atoms in total. The van der Waals surface area contributed by atoms with E-state index in [0.717, 1.165) is 25.7 Å². The predicted molar refractivity (Wildman–Crippen MR) is 147 cm³/mol. The highest BCUT2D eigenvalue weighted by atomic mass is 16.2. The third-order valence-electron chi connectivity index (χ3n) is 11.5. The summed E-state index contributed by atoms with van der Waals surface area (Å²) in [5.74, 6) is 0. The van der Waals surface area contributed by atoms with Gasteiger partial charge in [-0.2, -0.15) is 0 Å². The van der Waals surface area contributed by atoms with Crippen LogP contribution in [0, 0.1) is 0 Å². The van der Waals surface area contributed by atoms with Crippen molar-refractivity contribution in [1.29, 1.82) is 0 Å². The van der Waals surface area contributed by atoms with Crippen molar-refractivity contribution in [3.63, 3.8) is 0 Å². The van der Waals surface area contributed by atoms with E-state index in [1.54, 1.807) is 0 Å². The van der Waals surface area contributed by atoms with Crippen molar-refractivity contribution in [2.24, 2.45) is 0 Å². The van der Waals surface area contributed by atoms with Crippen LogP contribution in [0.15, 0.2) is 0 Å². The molecule has 0 spiro atoms. The standard InChI is InChI=1S/C28H50N8O2/c1-25(2)11-19(12-26(3,4)29(25)9)31-15-33-21-22-35(23(33)37)17-32(18-36(22)24(38)34(21)16-31)20-13-27(5,6)30(10)28(7,8)14-20/h19-22H,11-18H2,1-10H3. The van der Waals surface area contributed by atoms with Gasteiger partial charge in [0, 0.05) is 34.2 Å². The first-order chi connectivity index (χ1) is 17.4. The van der Waals surface area contributed by atoms with Crippen molar-refractivity contribution < 1.29 is 9.59 Å². The second-order valence-electron chi connectivity index (χ2n) is 15.5. The SMILES string of the molecule is CN1C(C)(C)CC(N2CN3C(=O)N4CN(C5CC(C)(C)N(C)C(C)(C)C5)CN5C(=O)N(C2)C3C45)CC1(C)C. The van der Waals surface area contributed by atoms with Gasteiger partial charge in [0.15, 0.2) is 12.3 Å². The molecule has 0 N–H and O–H groups in total. The van der Waals surface area contributed by atoms with Crippen LogP contribution in [-0.4, -0.2) is 139 Å². The van der Waals surface area contributed by atoms with Crippen molar-refractivity contribution >= 4 is 12.1 Å². The van der Waals surface area contributed by atoms with Crippen molar-refractivity contribution in [2.45, 2.75) is 128 Å². The van der Waals surface area contributed by atoms with Crippen LogP contribution in [0.2, 0.25) is 0 Å². The molecular formula is C28H50N8O2. The summed E-state index contributed by atoms with van der Waals surface area (Å²) in [7, 11) is 4.45. The van der Waals surface area contributed by atoms with Gasteiger partial charge in [-0.25, -0.2) is 9.59 Å². The van der Waals surface area contributed by atoms with Crippen molar-refractivity contribution in [3.8, 4) is 0 Å². The molecule has 38 heavy (non-hydrogen) atoms. The maximum absolute atomic E-state index is 13.9. The molecule has 0 aromatic rings. The highest BCUT2D eigenvalue weighted by Gasteiger charge is 2.64. The molecule has 0 unspecified atom stereocenters. The summed E-state index contributed by atoms with van der Waals surface area (Å²) < 4.78 is 0. The molecular weight excluding hydrogens is 480 g/mol. The minimum atomic E-state index is -0.175. The maximum atomic E-state index is 13.9. The Morgan fingerprint density at radius 2 is 0.737 bits per heavy atom. The van der Waals surface area contributed by atoms with Crippen molar-refractivity contribution in [1.82, 2.24) is 39.2 Å². The molecule has 6 aliphatic rings. The molecule has 6 saturated heterocycles. The second kappa shape index (κ2) is 7.98.